The van der Waals surface area contributed by atoms with E-state index in [9.17, 15) is 4.79 Å². The Labute approximate surface area is 162 Å². The summed E-state index contributed by atoms with van der Waals surface area (Å²) in [5.41, 5.74) is 1.95. The maximum atomic E-state index is 12.7. The molecular formula is C18H18BrN3OS2. The van der Waals surface area contributed by atoms with E-state index in [1.54, 1.807) is 11.8 Å². The standard InChI is InChI=1S/C18H18BrN3OS2/c1-22-8-6-13(7-9-22)25-18-20-16(23)15-14(10-24-17(15)21-18)11-2-4-12(19)5-3-11/h2-5,10,13H,6-9H2,1H3,(H,20,21,23). The number of H-pyrrole nitrogens is 1. The molecule has 0 aliphatic carbocycles. The molecule has 3 aromatic rings. The SMILES string of the molecule is CN1CCC(Sc2nc3scc(-c4ccc(Br)cc4)c3c(=O)[nH]2)CC1. The topological polar surface area (TPSA) is 49.0 Å². The third-order valence-electron chi connectivity index (χ3n) is 4.52. The number of thioether (sulfide) groups is 1. The molecule has 1 aliphatic heterocycles. The molecule has 0 atom stereocenters. The molecule has 0 unspecified atom stereocenters. The van der Waals surface area contributed by atoms with E-state index in [0.717, 1.165) is 51.5 Å². The van der Waals surface area contributed by atoms with Crippen LogP contribution >= 0.6 is 39.0 Å². The van der Waals surface area contributed by atoms with Crippen LogP contribution in [0.4, 0.5) is 0 Å². The third-order valence-corrected chi connectivity index (χ3v) is 7.14. The monoisotopic (exact) mass is 435 g/mol. The average molecular weight is 436 g/mol. The summed E-state index contributed by atoms with van der Waals surface area (Å²) < 4.78 is 1.03. The highest BCUT2D eigenvalue weighted by molar-refractivity contribution is 9.10. The predicted octanol–water partition coefficient (Wildman–Crippen LogP) is 4.60. The summed E-state index contributed by atoms with van der Waals surface area (Å²) >= 11 is 6.70. The van der Waals surface area contributed by atoms with Crippen LogP contribution < -0.4 is 5.56 Å². The van der Waals surface area contributed by atoms with Gasteiger partial charge < -0.3 is 9.88 Å². The number of likely N-dealkylation sites (tertiary alicyclic amines) is 1. The number of fused-ring (bicyclic) bond motifs is 1. The van der Waals surface area contributed by atoms with Crippen molar-refractivity contribution in [3.05, 3.63) is 44.5 Å². The minimum atomic E-state index is -0.0420. The second-order valence-electron chi connectivity index (χ2n) is 6.33. The fraction of sp³-hybridized carbons (Fsp3) is 0.333. The van der Waals surface area contributed by atoms with Crippen LogP contribution in [0, 0.1) is 0 Å². The van der Waals surface area contributed by atoms with Gasteiger partial charge in [-0.15, -0.1) is 11.3 Å². The van der Waals surface area contributed by atoms with E-state index in [0.29, 0.717) is 10.6 Å². The number of thiophene rings is 1. The highest BCUT2D eigenvalue weighted by atomic mass is 79.9. The Morgan fingerprint density at radius 1 is 1.28 bits per heavy atom. The van der Waals surface area contributed by atoms with E-state index in [4.69, 9.17) is 4.98 Å². The van der Waals surface area contributed by atoms with Gasteiger partial charge >= 0.3 is 0 Å². The zero-order chi connectivity index (χ0) is 17.4. The number of aromatic amines is 1. The number of nitrogens with one attached hydrogen (secondary N) is 1. The normalized spacial score (nSPS) is 16.6. The predicted molar refractivity (Wildman–Crippen MR) is 110 cm³/mol. The molecule has 1 fully saturated rings. The molecule has 0 radical (unpaired) electrons. The van der Waals surface area contributed by atoms with Gasteiger partial charge in [0.15, 0.2) is 5.16 Å². The molecule has 7 heteroatoms. The van der Waals surface area contributed by atoms with Gasteiger partial charge in [-0.25, -0.2) is 4.98 Å². The zero-order valence-corrected chi connectivity index (χ0v) is 17.0. The van der Waals surface area contributed by atoms with Gasteiger partial charge in [-0.05, 0) is 50.7 Å². The molecule has 1 N–H and O–H groups in total. The molecule has 0 saturated carbocycles. The second-order valence-corrected chi connectivity index (χ2v) is 9.39. The second kappa shape index (κ2) is 7.23. The van der Waals surface area contributed by atoms with Crippen molar-refractivity contribution >= 4 is 49.2 Å². The van der Waals surface area contributed by atoms with Crippen molar-refractivity contribution in [2.24, 2.45) is 0 Å². The van der Waals surface area contributed by atoms with Crippen LogP contribution in [-0.4, -0.2) is 40.3 Å². The molecular weight excluding hydrogens is 418 g/mol. The largest absolute Gasteiger partial charge is 0.306 e. The van der Waals surface area contributed by atoms with E-state index in [1.165, 1.54) is 11.3 Å². The number of benzene rings is 1. The van der Waals surface area contributed by atoms with E-state index in [2.05, 4.69) is 32.9 Å². The fourth-order valence-electron chi connectivity index (χ4n) is 3.09. The Hall–Kier alpha value is -1.15. The minimum Gasteiger partial charge on any atom is -0.306 e. The van der Waals surface area contributed by atoms with Crippen molar-refractivity contribution < 1.29 is 0 Å². The van der Waals surface area contributed by atoms with Crippen LogP contribution in [-0.2, 0) is 0 Å². The lowest BCUT2D eigenvalue weighted by atomic mass is 10.1. The van der Waals surface area contributed by atoms with Crippen molar-refractivity contribution in [1.29, 1.82) is 0 Å². The van der Waals surface area contributed by atoms with Crippen LogP contribution in [0.2, 0.25) is 0 Å². The number of halogens is 1. The summed E-state index contributed by atoms with van der Waals surface area (Å²) in [6, 6.07) is 8.02. The molecule has 0 spiro atoms. The molecule has 1 aromatic carbocycles. The molecule has 2 aromatic heterocycles. The van der Waals surface area contributed by atoms with Gasteiger partial charge in [0.05, 0.1) is 5.39 Å². The van der Waals surface area contributed by atoms with Gasteiger partial charge in [0.25, 0.3) is 5.56 Å². The molecule has 0 amide bonds. The number of hydrogen-bond acceptors (Lipinski definition) is 5. The first-order valence-electron chi connectivity index (χ1n) is 8.23. The number of nitrogens with zero attached hydrogens (tertiary/aromatic N) is 2. The van der Waals surface area contributed by atoms with E-state index < -0.39 is 0 Å². The molecule has 0 bridgehead atoms. The Morgan fingerprint density at radius 3 is 2.72 bits per heavy atom. The Morgan fingerprint density at radius 2 is 2.00 bits per heavy atom. The van der Waals surface area contributed by atoms with Gasteiger partial charge in [0.2, 0.25) is 0 Å². The molecule has 3 heterocycles. The first kappa shape index (κ1) is 17.3. The fourth-order valence-corrected chi connectivity index (χ4v) is 5.42. The summed E-state index contributed by atoms with van der Waals surface area (Å²) in [5.74, 6) is 0. The van der Waals surface area contributed by atoms with E-state index >= 15 is 0 Å². The number of piperidine rings is 1. The number of rotatable bonds is 3. The van der Waals surface area contributed by atoms with Crippen molar-refractivity contribution in [2.45, 2.75) is 23.2 Å². The summed E-state index contributed by atoms with van der Waals surface area (Å²) in [5, 5.41) is 4.00. The lowest BCUT2D eigenvalue weighted by Crippen LogP contribution is -2.31. The molecule has 1 saturated heterocycles. The van der Waals surface area contributed by atoms with Crippen LogP contribution in [0.15, 0.2) is 44.1 Å². The van der Waals surface area contributed by atoms with Gasteiger partial charge in [-0.1, -0.05) is 39.8 Å². The Bertz CT molecular complexity index is 943. The molecule has 25 heavy (non-hydrogen) atoms. The van der Waals surface area contributed by atoms with Crippen LogP contribution in [0.25, 0.3) is 21.3 Å². The first-order valence-corrected chi connectivity index (χ1v) is 10.8. The summed E-state index contributed by atoms with van der Waals surface area (Å²) in [7, 11) is 2.16. The zero-order valence-electron chi connectivity index (χ0n) is 13.8. The lowest BCUT2D eigenvalue weighted by Gasteiger charge is -2.27. The highest BCUT2D eigenvalue weighted by Crippen LogP contribution is 2.33. The van der Waals surface area contributed by atoms with Crippen molar-refractivity contribution in [2.75, 3.05) is 20.1 Å². The van der Waals surface area contributed by atoms with Crippen LogP contribution in [0.5, 0.6) is 0 Å². The molecule has 4 rings (SSSR count). The van der Waals surface area contributed by atoms with Gasteiger partial charge in [-0.3, -0.25) is 4.79 Å². The van der Waals surface area contributed by atoms with E-state index in [-0.39, 0.29) is 5.56 Å². The van der Waals surface area contributed by atoms with Gasteiger partial charge in [-0.2, -0.15) is 0 Å². The van der Waals surface area contributed by atoms with Crippen molar-refractivity contribution in [3.63, 3.8) is 0 Å². The Balaban J connectivity index is 1.65. The van der Waals surface area contributed by atoms with Gasteiger partial charge in [0, 0.05) is 20.7 Å². The average Bonchev–Trinajstić information content (AvgIpc) is 3.02. The Kier molecular flexibility index (Phi) is 4.99. The number of aromatic nitrogens is 2. The maximum Gasteiger partial charge on any atom is 0.260 e. The maximum absolute atomic E-state index is 12.7. The first-order chi connectivity index (χ1) is 12.1. The smallest absolute Gasteiger partial charge is 0.260 e. The molecule has 1 aliphatic rings. The lowest BCUT2D eigenvalue weighted by molar-refractivity contribution is 0.282. The highest BCUT2D eigenvalue weighted by Gasteiger charge is 2.20. The van der Waals surface area contributed by atoms with E-state index in [1.807, 2.05) is 29.6 Å². The van der Waals surface area contributed by atoms with Crippen molar-refractivity contribution in [3.8, 4) is 11.1 Å². The van der Waals surface area contributed by atoms with Crippen LogP contribution in [0.1, 0.15) is 12.8 Å². The summed E-state index contributed by atoms with van der Waals surface area (Å²) in [6.07, 6.45) is 2.27. The minimum absolute atomic E-state index is 0.0420. The van der Waals surface area contributed by atoms with Crippen molar-refractivity contribution in [1.82, 2.24) is 14.9 Å². The van der Waals surface area contributed by atoms with Crippen LogP contribution in [0.3, 0.4) is 0 Å². The van der Waals surface area contributed by atoms with Gasteiger partial charge in [0.1, 0.15) is 4.83 Å². The third kappa shape index (κ3) is 3.69. The molecule has 130 valence electrons. The summed E-state index contributed by atoms with van der Waals surface area (Å²) in [4.78, 5) is 23.6. The number of hydrogen-bond donors (Lipinski definition) is 1. The molecule has 4 nitrogen and oxygen atoms in total. The quantitative estimate of drug-likeness (QED) is 0.610. The summed E-state index contributed by atoms with van der Waals surface area (Å²) in [6.45, 7) is 2.22.